The molecule has 3 rings (SSSR count). The van der Waals surface area contributed by atoms with Gasteiger partial charge in [-0.15, -0.1) is 0 Å². The van der Waals surface area contributed by atoms with Crippen LogP contribution in [0.25, 0.3) is 10.9 Å². The summed E-state index contributed by atoms with van der Waals surface area (Å²) in [4.78, 5) is 4.70. The fourth-order valence-corrected chi connectivity index (χ4v) is 2.55. The average Bonchev–Trinajstić information content (AvgIpc) is 2.53. The maximum absolute atomic E-state index is 4.70. The molecule has 0 spiro atoms. The Kier molecular flexibility index (Phi) is 3.87. The quantitative estimate of drug-likeness (QED) is 0.727. The highest BCUT2D eigenvalue weighted by molar-refractivity contribution is 5.78. The van der Waals surface area contributed by atoms with Crippen LogP contribution < -0.4 is 5.32 Å². The number of anilines is 1. The van der Waals surface area contributed by atoms with Crippen molar-refractivity contribution < 1.29 is 0 Å². The van der Waals surface area contributed by atoms with Crippen molar-refractivity contribution >= 4 is 16.6 Å². The van der Waals surface area contributed by atoms with E-state index in [1.807, 2.05) is 12.1 Å². The molecule has 0 aliphatic carbocycles. The van der Waals surface area contributed by atoms with E-state index in [9.17, 15) is 0 Å². The molecule has 1 aromatic heterocycles. The van der Waals surface area contributed by atoms with Gasteiger partial charge in [-0.1, -0.05) is 56.3 Å². The molecule has 0 saturated heterocycles. The first kappa shape index (κ1) is 13.6. The SMILES string of the molecule is CC(C)c1ccccc1NCc1ccc2ccccc2n1. The van der Waals surface area contributed by atoms with Gasteiger partial charge in [0.15, 0.2) is 0 Å². The van der Waals surface area contributed by atoms with Crippen molar-refractivity contribution in [1.29, 1.82) is 0 Å². The summed E-state index contributed by atoms with van der Waals surface area (Å²) in [6.07, 6.45) is 0. The standard InChI is InChI=1S/C19H20N2/c1-14(2)17-8-4-6-10-19(17)20-13-16-12-11-15-7-3-5-9-18(15)21-16/h3-12,14,20H,13H2,1-2H3. The third-order valence-electron chi connectivity index (χ3n) is 3.70. The highest BCUT2D eigenvalue weighted by Gasteiger charge is 2.05. The summed E-state index contributed by atoms with van der Waals surface area (Å²) in [7, 11) is 0. The maximum atomic E-state index is 4.70. The smallest absolute Gasteiger partial charge is 0.0706 e. The second kappa shape index (κ2) is 5.96. The Labute approximate surface area is 125 Å². The van der Waals surface area contributed by atoms with Gasteiger partial charge in [0.25, 0.3) is 0 Å². The van der Waals surface area contributed by atoms with Crippen molar-refractivity contribution in [3.8, 4) is 0 Å². The minimum atomic E-state index is 0.512. The van der Waals surface area contributed by atoms with Crippen LogP contribution in [0, 0.1) is 0 Å². The highest BCUT2D eigenvalue weighted by Crippen LogP contribution is 2.24. The molecule has 2 aromatic carbocycles. The number of nitrogens with zero attached hydrogens (tertiary/aromatic N) is 1. The van der Waals surface area contributed by atoms with Crippen LogP contribution in [0.2, 0.25) is 0 Å². The normalized spacial score (nSPS) is 11.0. The Morgan fingerprint density at radius 2 is 1.67 bits per heavy atom. The monoisotopic (exact) mass is 276 g/mol. The zero-order valence-corrected chi connectivity index (χ0v) is 12.5. The van der Waals surface area contributed by atoms with Crippen LogP contribution >= 0.6 is 0 Å². The summed E-state index contributed by atoms with van der Waals surface area (Å²) in [6.45, 7) is 5.18. The lowest BCUT2D eigenvalue weighted by Crippen LogP contribution is -2.04. The van der Waals surface area contributed by atoms with Crippen molar-refractivity contribution in [2.75, 3.05) is 5.32 Å². The Bertz CT molecular complexity index is 747. The third-order valence-corrected chi connectivity index (χ3v) is 3.70. The molecule has 0 aliphatic rings. The Morgan fingerprint density at radius 1 is 0.905 bits per heavy atom. The molecule has 2 heteroatoms. The van der Waals surface area contributed by atoms with E-state index >= 15 is 0 Å². The molecule has 1 heterocycles. The maximum Gasteiger partial charge on any atom is 0.0706 e. The minimum absolute atomic E-state index is 0.512. The van der Waals surface area contributed by atoms with Gasteiger partial charge in [-0.05, 0) is 29.7 Å². The molecule has 0 radical (unpaired) electrons. The van der Waals surface area contributed by atoms with Crippen LogP contribution in [0.3, 0.4) is 0 Å². The predicted molar refractivity (Wildman–Crippen MR) is 89.6 cm³/mol. The van der Waals surface area contributed by atoms with E-state index in [0.29, 0.717) is 5.92 Å². The van der Waals surface area contributed by atoms with Gasteiger partial charge in [-0.2, -0.15) is 0 Å². The molecule has 3 aromatic rings. The first-order valence-electron chi connectivity index (χ1n) is 7.41. The van der Waals surface area contributed by atoms with Gasteiger partial charge < -0.3 is 5.32 Å². The van der Waals surface area contributed by atoms with Crippen molar-refractivity contribution in [1.82, 2.24) is 4.98 Å². The number of aromatic nitrogens is 1. The molecular weight excluding hydrogens is 256 g/mol. The van der Waals surface area contributed by atoms with E-state index < -0.39 is 0 Å². The third kappa shape index (κ3) is 3.05. The molecule has 0 bridgehead atoms. The predicted octanol–water partition coefficient (Wildman–Crippen LogP) is 4.97. The van der Waals surface area contributed by atoms with Crippen molar-refractivity contribution in [2.24, 2.45) is 0 Å². The Hall–Kier alpha value is -2.35. The fourth-order valence-electron chi connectivity index (χ4n) is 2.55. The number of fused-ring (bicyclic) bond motifs is 1. The topological polar surface area (TPSA) is 24.9 Å². The van der Waals surface area contributed by atoms with Gasteiger partial charge in [0.2, 0.25) is 0 Å². The van der Waals surface area contributed by atoms with Gasteiger partial charge in [-0.25, -0.2) is 0 Å². The summed E-state index contributed by atoms with van der Waals surface area (Å²) >= 11 is 0. The molecule has 0 unspecified atom stereocenters. The second-order valence-corrected chi connectivity index (χ2v) is 5.59. The lowest BCUT2D eigenvalue weighted by molar-refractivity contribution is 0.864. The van der Waals surface area contributed by atoms with Crippen LogP contribution in [0.4, 0.5) is 5.69 Å². The lowest BCUT2D eigenvalue weighted by atomic mass is 10.0. The molecule has 2 nitrogen and oxygen atoms in total. The Morgan fingerprint density at radius 3 is 2.52 bits per heavy atom. The molecule has 0 fully saturated rings. The van der Waals surface area contributed by atoms with Crippen LogP contribution in [0.5, 0.6) is 0 Å². The largest absolute Gasteiger partial charge is 0.379 e. The van der Waals surface area contributed by atoms with Crippen LogP contribution in [-0.4, -0.2) is 4.98 Å². The summed E-state index contributed by atoms with van der Waals surface area (Å²) < 4.78 is 0. The fraction of sp³-hybridized carbons (Fsp3) is 0.211. The van der Waals surface area contributed by atoms with Gasteiger partial charge >= 0.3 is 0 Å². The van der Waals surface area contributed by atoms with E-state index in [2.05, 4.69) is 67.7 Å². The van der Waals surface area contributed by atoms with Crippen LogP contribution in [-0.2, 0) is 6.54 Å². The molecule has 21 heavy (non-hydrogen) atoms. The van der Waals surface area contributed by atoms with Gasteiger partial charge in [0, 0.05) is 11.1 Å². The number of para-hydroxylation sites is 2. The molecule has 0 aliphatic heterocycles. The van der Waals surface area contributed by atoms with E-state index in [4.69, 9.17) is 4.98 Å². The number of pyridine rings is 1. The zero-order valence-electron chi connectivity index (χ0n) is 12.5. The molecule has 0 saturated carbocycles. The number of rotatable bonds is 4. The van der Waals surface area contributed by atoms with Gasteiger partial charge in [-0.3, -0.25) is 4.98 Å². The number of nitrogens with one attached hydrogen (secondary N) is 1. The summed E-state index contributed by atoms with van der Waals surface area (Å²) in [5.41, 5.74) is 4.65. The molecule has 106 valence electrons. The van der Waals surface area contributed by atoms with E-state index in [0.717, 1.165) is 17.8 Å². The minimum Gasteiger partial charge on any atom is -0.379 e. The summed E-state index contributed by atoms with van der Waals surface area (Å²) in [6, 6.07) is 20.9. The second-order valence-electron chi connectivity index (χ2n) is 5.59. The molecular formula is C19H20N2. The van der Waals surface area contributed by atoms with Crippen molar-refractivity contribution in [3.63, 3.8) is 0 Å². The van der Waals surface area contributed by atoms with Crippen molar-refractivity contribution in [2.45, 2.75) is 26.3 Å². The van der Waals surface area contributed by atoms with E-state index in [1.54, 1.807) is 0 Å². The zero-order chi connectivity index (χ0) is 14.7. The number of benzene rings is 2. The van der Waals surface area contributed by atoms with Crippen LogP contribution in [0.1, 0.15) is 31.0 Å². The summed E-state index contributed by atoms with van der Waals surface area (Å²) in [5, 5.41) is 4.70. The first-order valence-corrected chi connectivity index (χ1v) is 7.41. The Balaban J connectivity index is 1.80. The van der Waals surface area contributed by atoms with Gasteiger partial charge in [0.05, 0.1) is 17.8 Å². The highest BCUT2D eigenvalue weighted by atomic mass is 14.9. The molecule has 1 N–H and O–H groups in total. The summed E-state index contributed by atoms with van der Waals surface area (Å²) in [5.74, 6) is 0.512. The molecule has 0 amide bonds. The number of hydrogen-bond acceptors (Lipinski definition) is 2. The van der Waals surface area contributed by atoms with Crippen LogP contribution in [0.15, 0.2) is 60.7 Å². The van der Waals surface area contributed by atoms with Crippen molar-refractivity contribution in [3.05, 3.63) is 71.9 Å². The van der Waals surface area contributed by atoms with E-state index in [1.165, 1.54) is 16.6 Å². The first-order chi connectivity index (χ1) is 10.2. The van der Waals surface area contributed by atoms with Gasteiger partial charge in [0.1, 0.15) is 0 Å². The number of hydrogen-bond donors (Lipinski definition) is 1. The average molecular weight is 276 g/mol. The van der Waals surface area contributed by atoms with E-state index in [-0.39, 0.29) is 0 Å². The molecule has 0 atom stereocenters. The lowest BCUT2D eigenvalue weighted by Gasteiger charge is -2.14.